The molecule has 0 saturated carbocycles. The van der Waals surface area contributed by atoms with Gasteiger partial charge in [-0.15, -0.1) is 0 Å². The molecule has 2 heteroatoms. The van der Waals surface area contributed by atoms with E-state index in [2.05, 4.69) is 30.3 Å². The third-order valence-electron chi connectivity index (χ3n) is 1.61. The van der Waals surface area contributed by atoms with E-state index in [1.807, 2.05) is 19.4 Å². The Balaban J connectivity index is 2.72. The van der Waals surface area contributed by atoms with Gasteiger partial charge in [-0.2, -0.15) is 0 Å². The average Bonchev–Trinajstić information content (AvgIpc) is 2.12. The Morgan fingerprint density at radius 2 is 2.09 bits per heavy atom. The molecule has 0 aliphatic rings. The Bertz CT molecular complexity index is 230. The fourth-order valence-electron chi connectivity index (χ4n) is 1.04. The van der Waals surface area contributed by atoms with Crippen LogP contribution in [0.15, 0.2) is 12.4 Å². The molecule has 1 rings (SSSR count). The van der Waals surface area contributed by atoms with Crippen LogP contribution in [0, 0.1) is 5.41 Å². The summed E-state index contributed by atoms with van der Waals surface area (Å²) in [6, 6.07) is 0. The summed E-state index contributed by atoms with van der Waals surface area (Å²) in [6.07, 6.45) is 4.87. The maximum absolute atomic E-state index is 4.26. The third kappa shape index (κ3) is 2.37. The fourth-order valence-corrected chi connectivity index (χ4v) is 1.04. The molecule has 0 fully saturated rings. The predicted octanol–water partition coefficient (Wildman–Crippen LogP) is 2.01. The molecule has 0 amide bonds. The van der Waals surface area contributed by atoms with Gasteiger partial charge in [-0.1, -0.05) is 20.8 Å². The van der Waals surface area contributed by atoms with Gasteiger partial charge >= 0.3 is 0 Å². The van der Waals surface area contributed by atoms with Crippen molar-refractivity contribution in [1.29, 1.82) is 0 Å². The second-order valence-corrected chi connectivity index (χ2v) is 4.19. The number of rotatable bonds is 1. The first-order valence-corrected chi connectivity index (χ1v) is 3.95. The smallest absolute Gasteiger partial charge is 0.108 e. The lowest BCUT2D eigenvalue weighted by Crippen LogP contribution is -2.12. The van der Waals surface area contributed by atoms with Gasteiger partial charge in [0, 0.05) is 25.9 Å². The van der Waals surface area contributed by atoms with Crippen molar-refractivity contribution in [1.82, 2.24) is 9.55 Å². The van der Waals surface area contributed by atoms with Crippen LogP contribution in [0.3, 0.4) is 0 Å². The highest BCUT2D eigenvalue weighted by Gasteiger charge is 2.13. The summed E-state index contributed by atoms with van der Waals surface area (Å²) < 4.78 is 2.07. The molecule has 2 nitrogen and oxygen atoms in total. The summed E-state index contributed by atoms with van der Waals surface area (Å²) in [7, 11) is 2.04. The number of nitrogens with zero attached hydrogens (tertiary/aromatic N) is 2. The van der Waals surface area contributed by atoms with Crippen LogP contribution >= 0.6 is 0 Å². The van der Waals surface area contributed by atoms with Crippen molar-refractivity contribution in [2.24, 2.45) is 12.5 Å². The summed E-state index contributed by atoms with van der Waals surface area (Å²) >= 11 is 0. The minimum Gasteiger partial charge on any atom is -0.338 e. The van der Waals surface area contributed by atoms with Gasteiger partial charge in [-0.05, 0) is 5.41 Å². The first-order valence-electron chi connectivity index (χ1n) is 3.95. The highest BCUT2D eigenvalue weighted by molar-refractivity contribution is 4.94. The van der Waals surface area contributed by atoms with Gasteiger partial charge < -0.3 is 4.57 Å². The van der Waals surface area contributed by atoms with E-state index in [1.165, 1.54) is 0 Å². The Morgan fingerprint density at radius 1 is 1.45 bits per heavy atom. The van der Waals surface area contributed by atoms with Gasteiger partial charge in [-0.3, -0.25) is 0 Å². The zero-order chi connectivity index (χ0) is 8.48. The van der Waals surface area contributed by atoms with Gasteiger partial charge in [0.1, 0.15) is 5.82 Å². The Kier molecular flexibility index (Phi) is 2.03. The van der Waals surface area contributed by atoms with E-state index in [1.54, 1.807) is 0 Å². The van der Waals surface area contributed by atoms with Crippen molar-refractivity contribution in [3.8, 4) is 0 Å². The summed E-state index contributed by atoms with van der Waals surface area (Å²) in [6.45, 7) is 6.67. The molecular weight excluding hydrogens is 136 g/mol. The summed E-state index contributed by atoms with van der Waals surface area (Å²) in [5.74, 6) is 1.16. The average molecular weight is 152 g/mol. The maximum Gasteiger partial charge on any atom is 0.108 e. The predicted molar refractivity (Wildman–Crippen MR) is 46.4 cm³/mol. The Hall–Kier alpha value is -0.790. The molecule has 1 aromatic rings. The summed E-state index contributed by atoms with van der Waals surface area (Å²) in [5, 5.41) is 0. The quantitative estimate of drug-likeness (QED) is 0.602. The second kappa shape index (κ2) is 2.68. The lowest BCUT2D eigenvalue weighted by Gasteiger charge is -2.17. The van der Waals surface area contributed by atoms with Crippen LogP contribution in [0.2, 0.25) is 0 Å². The summed E-state index contributed by atoms with van der Waals surface area (Å²) in [4.78, 5) is 4.26. The van der Waals surface area contributed by atoms with Crippen LogP contribution in [-0.2, 0) is 13.5 Å². The molecule has 0 aromatic carbocycles. The molecule has 0 bridgehead atoms. The zero-order valence-corrected chi connectivity index (χ0v) is 7.76. The molecule has 0 N–H and O–H groups in total. The lowest BCUT2D eigenvalue weighted by atomic mass is 9.92. The van der Waals surface area contributed by atoms with Gasteiger partial charge in [0.25, 0.3) is 0 Å². The van der Waals surface area contributed by atoms with E-state index >= 15 is 0 Å². The molecular formula is C9H16N2. The minimum absolute atomic E-state index is 0.332. The molecule has 0 spiro atoms. The molecule has 0 saturated heterocycles. The maximum atomic E-state index is 4.26. The number of aromatic nitrogens is 2. The molecule has 1 aromatic heterocycles. The van der Waals surface area contributed by atoms with Gasteiger partial charge in [-0.25, -0.2) is 4.98 Å². The molecule has 0 radical (unpaired) electrons. The molecule has 0 unspecified atom stereocenters. The van der Waals surface area contributed by atoms with Crippen molar-refractivity contribution < 1.29 is 0 Å². The van der Waals surface area contributed by atoms with E-state index < -0.39 is 0 Å². The normalized spacial score (nSPS) is 12.0. The van der Waals surface area contributed by atoms with Crippen molar-refractivity contribution in [2.75, 3.05) is 0 Å². The van der Waals surface area contributed by atoms with Crippen LogP contribution in [0.1, 0.15) is 26.6 Å². The minimum atomic E-state index is 0.332. The SMILES string of the molecule is Cn1ccnc1CC(C)(C)C. The number of hydrogen-bond donors (Lipinski definition) is 0. The van der Waals surface area contributed by atoms with Crippen LogP contribution in [0.4, 0.5) is 0 Å². The van der Waals surface area contributed by atoms with Crippen molar-refractivity contribution in [2.45, 2.75) is 27.2 Å². The van der Waals surface area contributed by atoms with Crippen LogP contribution in [0.25, 0.3) is 0 Å². The molecule has 0 aliphatic carbocycles. The van der Waals surface area contributed by atoms with Crippen molar-refractivity contribution in [3.05, 3.63) is 18.2 Å². The Morgan fingerprint density at radius 3 is 2.45 bits per heavy atom. The zero-order valence-electron chi connectivity index (χ0n) is 7.76. The van der Waals surface area contributed by atoms with Gasteiger partial charge in [0.05, 0.1) is 0 Å². The first kappa shape index (κ1) is 8.31. The largest absolute Gasteiger partial charge is 0.338 e. The van der Waals surface area contributed by atoms with E-state index in [-0.39, 0.29) is 0 Å². The third-order valence-corrected chi connectivity index (χ3v) is 1.61. The second-order valence-electron chi connectivity index (χ2n) is 4.19. The molecule has 11 heavy (non-hydrogen) atoms. The van der Waals surface area contributed by atoms with Crippen LogP contribution in [0.5, 0.6) is 0 Å². The topological polar surface area (TPSA) is 17.8 Å². The highest BCUT2D eigenvalue weighted by Crippen LogP contribution is 2.18. The van der Waals surface area contributed by atoms with Crippen LogP contribution < -0.4 is 0 Å². The highest BCUT2D eigenvalue weighted by atomic mass is 15.0. The van der Waals surface area contributed by atoms with E-state index in [0.29, 0.717) is 5.41 Å². The fraction of sp³-hybridized carbons (Fsp3) is 0.667. The van der Waals surface area contributed by atoms with Gasteiger partial charge in [0.15, 0.2) is 0 Å². The van der Waals surface area contributed by atoms with Gasteiger partial charge in [0.2, 0.25) is 0 Å². The molecule has 1 heterocycles. The number of imidazole rings is 1. The standard InChI is InChI=1S/C9H16N2/c1-9(2,3)7-8-10-5-6-11(8)4/h5-6H,7H2,1-4H3. The number of aryl methyl sites for hydroxylation is 1. The summed E-state index contributed by atoms with van der Waals surface area (Å²) in [5.41, 5.74) is 0.332. The van der Waals surface area contributed by atoms with Crippen molar-refractivity contribution in [3.63, 3.8) is 0 Å². The lowest BCUT2D eigenvalue weighted by molar-refractivity contribution is 0.395. The molecule has 0 aliphatic heterocycles. The van der Waals surface area contributed by atoms with Crippen LogP contribution in [-0.4, -0.2) is 9.55 Å². The van der Waals surface area contributed by atoms with E-state index in [9.17, 15) is 0 Å². The van der Waals surface area contributed by atoms with Crippen molar-refractivity contribution >= 4 is 0 Å². The monoisotopic (exact) mass is 152 g/mol. The van der Waals surface area contributed by atoms with E-state index in [0.717, 1.165) is 12.2 Å². The number of hydrogen-bond acceptors (Lipinski definition) is 1. The molecule has 0 atom stereocenters. The first-order chi connectivity index (χ1) is 4.99. The van der Waals surface area contributed by atoms with E-state index in [4.69, 9.17) is 0 Å². The Labute approximate surface area is 68.3 Å². The molecule has 62 valence electrons.